The van der Waals surface area contributed by atoms with Crippen molar-refractivity contribution in [1.82, 2.24) is 15.1 Å². The number of hydrogen-bond donors (Lipinski definition) is 2. The molecule has 0 aliphatic heterocycles. The molecule has 0 radical (unpaired) electrons. The standard InChI is InChI=1S/C16H23N3O/c1-16(2,3)19-11-13(9-18-19)8-17-10-14-6-4-5-7-15(14)12-20/h4-7,9,11,17,20H,8,10,12H2,1-3H3. The van der Waals surface area contributed by atoms with E-state index in [0.717, 1.165) is 24.2 Å². The maximum absolute atomic E-state index is 9.29. The first kappa shape index (κ1) is 14.8. The van der Waals surface area contributed by atoms with Crippen LogP contribution in [0.2, 0.25) is 0 Å². The Kier molecular flexibility index (Phi) is 4.57. The second kappa shape index (κ2) is 6.20. The first-order valence-corrected chi connectivity index (χ1v) is 6.93. The molecule has 0 atom stereocenters. The monoisotopic (exact) mass is 273 g/mol. The van der Waals surface area contributed by atoms with Crippen molar-refractivity contribution in [3.63, 3.8) is 0 Å². The van der Waals surface area contributed by atoms with Gasteiger partial charge in [-0.25, -0.2) is 0 Å². The molecule has 2 aromatic rings. The van der Waals surface area contributed by atoms with Crippen molar-refractivity contribution in [3.8, 4) is 0 Å². The minimum atomic E-state index is 0.0156. The van der Waals surface area contributed by atoms with Crippen LogP contribution in [0.1, 0.15) is 37.5 Å². The van der Waals surface area contributed by atoms with Crippen LogP contribution in [0, 0.1) is 0 Å². The molecular weight excluding hydrogens is 250 g/mol. The molecule has 0 fully saturated rings. The SMILES string of the molecule is CC(C)(C)n1cc(CNCc2ccccc2CO)cn1. The molecule has 20 heavy (non-hydrogen) atoms. The van der Waals surface area contributed by atoms with E-state index < -0.39 is 0 Å². The van der Waals surface area contributed by atoms with Crippen LogP contribution < -0.4 is 5.32 Å². The normalized spacial score (nSPS) is 11.8. The molecule has 1 aromatic carbocycles. The molecule has 0 unspecified atom stereocenters. The lowest BCUT2D eigenvalue weighted by atomic mass is 10.1. The number of hydrogen-bond acceptors (Lipinski definition) is 3. The Bertz CT molecular complexity index is 555. The van der Waals surface area contributed by atoms with E-state index in [2.05, 4.69) is 37.4 Å². The summed E-state index contributed by atoms with van der Waals surface area (Å²) in [5, 5.41) is 17.1. The molecule has 1 heterocycles. The van der Waals surface area contributed by atoms with Gasteiger partial charge < -0.3 is 10.4 Å². The van der Waals surface area contributed by atoms with Gasteiger partial charge in [-0.3, -0.25) is 4.68 Å². The summed E-state index contributed by atoms with van der Waals surface area (Å²) >= 11 is 0. The Morgan fingerprint density at radius 3 is 2.45 bits per heavy atom. The van der Waals surface area contributed by atoms with Crippen molar-refractivity contribution >= 4 is 0 Å². The van der Waals surface area contributed by atoms with E-state index in [-0.39, 0.29) is 12.1 Å². The summed E-state index contributed by atoms with van der Waals surface area (Å²) in [4.78, 5) is 0. The smallest absolute Gasteiger partial charge is 0.0685 e. The van der Waals surface area contributed by atoms with Gasteiger partial charge >= 0.3 is 0 Å². The lowest BCUT2D eigenvalue weighted by Gasteiger charge is -2.18. The number of aromatic nitrogens is 2. The molecule has 0 saturated heterocycles. The van der Waals surface area contributed by atoms with Gasteiger partial charge in [-0.05, 0) is 31.9 Å². The maximum atomic E-state index is 9.29. The quantitative estimate of drug-likeness (QED) is 0.879. The number of nitrogens with zero attached hydrogens (tertiary/aromatic N) is 2. The summed E-state index contributed by atoms with van der Waals surface area (Å²) in [5.41, 5.74) is 3.30. The highest BCUT2D eigenvalue weighted by Gasteiger charge is 2.13. The fourth-order valence-corrected chi connectivity index (χ4v) is 2.04. The Balaban J connectivity index is 1.91. The fourth-order valence-electron chi connectivity index (χ4n) is 2.04. The van der Waals surface area contributed by atoms with Crippen LogP contribution >= 0.6 is 0 Å². The zero-order valence-corrected chi connectivity index (χ0v) is 12.4. The van der Waals surface area contributed by atoms with Gasteiger partial charge in [-0.15, -0.1) is 0 Å². The van der Waals surface area contributed by atoms with Crippen LogP contribution in [0.3, 0.4) is 0 Å². The summed E-state index contributed by atoms with van der Waals surface area (Å²) in [5.74, 6) is 0. The first-order valence-electron chi connectivity index (χ1n) is 6.93. The van der Waals surface area contributed by atoms with Gasteiger partial charge in [0.2, 0.25) is 0 Å². The fraction of sp³-hybridized carbons (Fsp3) is 0.438. The summed E-state index contributed by atoms with van der Waals surface area (Å²) < 4.78 is 1.98. The second-order valence-corrected chi connectivity index (χ2v) is 5.99. The minimum Gasteiger partial charge on any atom is -0.392 e. The Hall–Kier alpha value is -1.65. The first-order chi connectivity index (χ1) is 9.50. The number of aliphatic hydroxyl groups excluding tert-OH is 1. The number of rotatable bonds is 5. The Morgan fingerprint density at radius 1 is 1.15 bits per heavy atom. The van der Waals surface area contributed by atoms with Crippen molar-refractivity contribution in [2.24, 2.45) is 0 Å². The third-order valence-electron chi connectivity index (χ3n) is 3.26. The molecule has 4 heteroatoms. The van der Waals surface area contributed by atoms with Crippen molar-refractivity contribution in [3.05, 3.63) is 53.3 Å². The molecule has 0 bridgehead atoms. The topological polar surface area (TPSA) is 50.1 Å². The van der Waals surface area contributed by atoms with Crippen molar-refractivity contribution in [1.29, 1.82) is 0 Å². The Labute approximate surface area is 120 Å². The zero-order valence-electron chi connectivity index (χ0n) is 12.4. The van der Waals surface area contributed by atoms with Gasteiger partial charge in [0.1, 0.15) is 0 Å². The largest absolute Gasteiger partial charge is 0.392 e. The number of benzene rings is 1. The predicted octanol–water partition coefficient (Wildman–Crippen LogP) is 2.42. The van der Waals surface area contributed by atoms with E-state index in [1.165, 1.54) is 5.56 Å². The highest BCUT2D eigenvalue weighted by molar-refractivity contribution is 5.26. The number of aliphatic hydroxyl groups is 1. The van der Waals surface area contributed by atoms with Gasteiger partial charge in [-0.1, -0.05) is 24.3 Å². The average Bonchev–Trinajstić information content (AvgIpc) is 2.88. The van der Waals surface area contributed by atoms with Crippen LogP contribution in [0.5, 0.6) is 0 Å². The summed E-state index contributed by atoms with van der Waals surface area (Å²) in [7, 11) is 0. The minimum absolute atomic E-state index is 0.0156. The van der Waals surface area contributed by atoms with Crippen LogP contribution in [0.25, 0.3) is 0 Å². The van der Waals surface area contributed by atoms with E-state index in [4.69, 9.17) is 0 Å². The lowest BCUT2D eigenvalue weighted by molar-refractivity contribution is 0.280. The molecule has 4 nitrogen and oxygen atoms in total. The molecule has 0 amide bonds. The van der Waals surface area contributed by atoms with Crippen molar-refractivity contribution < 1.29 is 5.11 Å². The second-order valence-electron chi connectivity index (χ2n) is 5.99. The molecule has 0 saturated carbocycles. The molecule has 2 rings (SSSR count). The Morgan fingerprint density at radius 2 is 1.85 bits per heavy atom. The summed E-state index contributed by atoms with van der Waals surface area (Å²) in [6.07, 6.45) is 3.97. The molecule has 0 aliphatic carbocycles. The van der Waals surface area contributed by atoms with Gasteiger partial charge in [0.15, 0.2) is 0 Å². The zero-order chi connectivity index (χ0) is 14.6. The molecular formula is C16H23N3O. The van der Waals surface area contributed by atoms with E-state index in [0.29, 0.717) is 0 Å². The summed E-state index contributed by atoms with van der Waals surface area (Å²) in [6, 6.07) is 7.93. The average molecular weight is 273 g/mol. The van der Waals surface area contributed by atoms with Crippen LogP contribution in [0.15, 0.2) is 36.7 Å². The lowest BCUT2D eigenvalue weighted by Crippen LogP contribution is -2.22. The van der Waals surface area contributed by atoms with Gasteiger partial charge in [0.25, 0.3) is 0 Å². The molecule has 2 N–H and O–H groups in total. The van der Waals surface area contributed by atoms with Crippen LogP contribution in [-0.4, -0.2) is 14.9 Å². The van der Waals surface area contributed by atoms with E-state index in [9.17, 15) is 5.11 Å². The van der Waals surface area contributed by atoms with Crippen molar-refractivity contribution in [2.45, 2.75) is 46.0 Å². The third-order valence-corrected chi connectivity index (χ3v) is 3.26. The molecule has 0 spiro atoms. The highest BCUT2D eigenvalue weighted by Crippen LogP contribution is 2.13. The van der Waals surface area contributed by atoms with E-state index >= 15 is 0 Å². The van der Waals surface area contributed by atoms with Crippen molar-refractivity contribution in [2.75, 3.05) is 0 Å². The maximum Gasteiger partial charge on any atom is 0.0685 e. The van der Waals surface area contributed by atoms with Gasteiger partial charge in [0.05, 0.1) is 18.3 Å². The van der Waals surface area contributed by atoms with E-state index in [1.54, 1.807) is 0 Å². The van der Waals surface area contributed by atoms with E-state index in [1.807, 2.05) is 35.1 Å². The highest BCUT2D eigenvalue weighted by atomic mass is 16.3. The van der Waals surface area contributed by atoms with Crippen LogP contribution in [0.4, 0.5) is 0 Å². The van der Waals surface area contributed by atoms with Gasteiger partial charge in [0, 0.05) is 24.8 Å². The summed E-state index contributed by atoms with van der Waals surface area (Å²) in [6.45, 7) is 8.01. The third kappa shape index (κ3) is 3.68. The molecule has 108 valence electrons. The molecule has 1 aromatic heterocycles. The number of nitrogens with one attached hydrogen (secondary N) is 1. The molecule has 0 aliphatic rings. The van der Waals surface area contributed by atoms with Crippen LogP contribution in [-0.2, 0) is 25.2 Å². The predicted molar refractivity (Wildman–Crippen MR) is 80.1 cm³/mol. The van der Waals surface area contributed by atoms with Gasteiger partial charge in [-0.2, -0.15) is 5.10 Å².